The van der Waals surface area contributed by atoms with Crippen LogP contribution in [0, 0.1) is 17.5 Å². The summed E-state index contributed by atoms with van der Waals surface area (Å²) in [6.07, 6.45) is 0.589. The minimum absolute atomic E-state index is 0.0202. The number of fused-ring (bicyclic) bond motifs is 1. The Kier molecular flexibility index (Phi) is 6.05. The van der Waals surface area contributed by atoms with Gasteiger partial charge in [0.05, 0.1) is 11.2 Å². The minimum atomic E-state index is -0.883. The summed E-state index contributed by atoms with van der Waals surface area (Å²) < 4.78 is 43.1. The third kappa shape index (κ3) is 4.53. The second kappa shape index (κ2) is 8.94. The smallest absolute Gasteiger partial charge is 0.268 e. The predicted octanol–water partition coefficient (Wildman–Crippen LogP) is 3.46. The molecule has 0 spiro atoms. The molecule has 4 aromatic rings. The number of nitrogens with two attached hydrogens (primary N) is 2. The van der Waals surface area contributed by atoms with E-state index in [-0.39, 0.29) is 51.4 Å². The Labute approximate surface area is 190 Å². The maximum absolute atomic E-state index is 14.4. The van der Waals surface area contributed by atoms with Crippen LogP contribution in [-0.2, 0) is 6.42 Å². The van der Waals surface area contributed by atoms with Gasteiger partial charge in [-0.1, -0.05) is 17.7 Å². The van der Waals surface area contributed by atoms with E-state index >= 15 is 0 Å². The van der Waals surface area contributed by atoms with E-state index < -0.39 is 23.0 Å². The highest BCUT2D eigenvalue weighted by Gasteiger charge is 2.17. The molecule has 0 fully saturated rings. The first-order valence-corrected chi connectivity index (χ1v) is 10.1. The van der Waals surface area contributed by atoms with Gasteiger partial charge in [0, 0.05) is 19.0 Å². The van der Waals surface area contributed by atoms with Crippen molar-refractivity contribution in [1.82, 2.24) is 19.5 Å². The molecule has 2 aromatic heterocycles. The van der Waals surface area contributed by atoms with Crippen LogP contribution in [0.2, 0.25) is 5.02 Å². The van der Waals surface area contributed by atoms with Crippen LogP contribution in [0.25, 0.3) is 16.6 Å². The summed E-state index contributed by atoms with van der Waals surface area (Å²) in [5, 5.41) is 2.80. The molecule has 8 nitrogen and oxygen atoms in total. The summed E-state index contributed by atoms with van der Waals surface area (Å²) in [6.45, 7) is 0.310. The van der Waals surface area contributed by atoms with Crippen LogP contribution < -0.4 is 22.3 Å². The summed E-state index contributed by atoms with van der Waals surface area (Å²) >= 11 is 6.06. The van der Waals surface area contributed by atoms with Gasteiger partial charge in [-0.15, -0.1) is 0 Å². The molecule has 0 radical (unpaired) electrons. The Hall–Kier alpha value is -3.86. The van der Waals surface area contributed by atoms with E-state index in [4.69, 9.17) is 23.1 Å². The van der Waals surface area contributed by atoms with Crippen molar-refractivity contribution in [1.29, 1.82) is 0 Å². The number of nitrogens with one attached hydrogen (secondary N) is 1. The number of hydrogen-bond donors (Lipinski definition) is 3. The van der Waals surface area contributed by atoms with E-state index in [2.05, 4.69) is 20.3 Å². The third-order valence-corrected chi connectivity index (χ3v) is 5.16. The van der Waals surface area contributed by atoms with Crippen LogP contribution >= 0.6 is 11.6 Å². The molecule has 0 saturated heterocycles. The molecule has 5 N–H and O–H groups in total. The predicted molar refractivity (Wildman–Crippen MR) is 120 cm³/mol. The van der Waals surface area contributed by atoms with Crippen molar-refractivity contribution < 1.29 is 13.2 Å². The van der Waals surface area contributed by atoms with E-state index in [1.54, 1.807) is 0 Å². The van der Waals surface area contributed by atoms with Crippen LogP contribution in [0.5, 0.6) is 0 Å². The number of nitrogens with zero attached hydrogens (tertiary/aromatic N) is 4. The maximum atomic E-state index is 14.4. The second-order valence-corrected chi connectivity index (χ2v) is 7.47. The summed E-state index contributed by atoms with van der Waals surface area (Å²) in [4.78, 5) is 25.2. The van der Waals surface area contributed by atoms with Crippen molar-refractivity contribution >= 4 is 40.1 Å². The second-order valence-electron chi connectivity index (χ2n) is 7.09. The minimum Gasteiger partial charge on any atom is -0.382 e. The highest BCUT2D eigenvalue weighted by molar-refractivity contribution is 6.35. The molecule has 12 heteroatoms. The zero-order valence-electron chi connectivity index (χ0n) is 16.9. The van der Waals surface area contributed by atoms with Crippen LogP contribution in [0.4, 0.5) is 30.8 Å². The summed E-state index contributed by atoms with van der Waals surface area (Å²) in [5.41, 5.74) is 10.5. The molecule has 2 aromatic carbocycles. The monoisotopic (exact) mass is 475 g/mol. The fourth-order valence-electron chi connectivity index (χ4n) is 3.39. The molecule has 0 unspecified atom stereocenters. The summed E-state index contributed by atoms with van der Waals surface area (Å²) in [6, 6.07) is 6.67. The molecular weight excluding hydrogens is 459 g/mol. The zero-order valence-corrected chi connectivity index (χ0v) is 17.7. The highest BCUT2D eigenvalue weighted by Crippen LogP contribution is 2.25. The largest absolute Gasteiger partial charge is 0.382 e. The van der Waals surface area contributed by atoms with Gasteiger partial charge in [0.25, 0.3) is 5.56 Å². The van der Waals surface area contributed by atoms with Gasteiger partial charge in [-0.2, -0.15) is 9.97 Å². The maximum Gasteiger partial charge on any atom is 0.268 e. The molecule has 0 atom stereocenters. The topological polar surface area (TPSA) is 125 Å². The van der Waals surface area contributed by atoms with Crippen molar-refractivity contribution in [3.05, 3.63) is 75.1 Å². The van der Waals surface area contributed by atoms with E-state index in [0.29, 0.717) is 19.0 Å². The van der Waals surface area contributed by atoms with Gasteiger partial charge in [0.15, 0.2) is 5.82 Å². The fourth-order valence-corrected chi connectivity index (χ4v) is 3.54. The van der Waals surface area contributed by atoms with E-state index in [0.717, 1.165) is 22.8 Å². The first-order valence-electron chi connectivity index (χ1n) is 9.73. The fraction of sp³-hybridized carbons (Fsp3) is 0.143. The van der Waals surface area contributed by atoms with Gasteiger partial charge in [-0.25, -0.2) is 18.2 Å². The zero-order chi connectivity index (χ0) is 23.7. The van der Waals surface area contributed by atoms with Crippen molar-refractivity contribution in [2.75, 3.05) is 23.3 Å². The lowest BCUT2D eigenvalue weighted by atomic mass is 10.2. The Bertz CT molecular complexity index is 1410. The lowest BCUT2D eigenvalue weighted by Gasteiger charge is -2.15. The molecule has 0 saturated carbocycles. The van der Waals surface area contributed by atoms with Gasteiger partial charge in [0.2, 0.25) is 5.95 Å². The molecule has 0 aliphatic heterocycles. The van der Waals surface area contributed by atoms with Gasteiger partial charge in [-0.05, 0) is 30.7 Å². The number of halogens is 4. The number of rotatable bonds is 6. The van der Waals surface area contributed by atoms with Crippen LogP contribution in [0.15, 0.2) is 41.2 Å². The summed E-state index contributed by atoms with van der Waals surface area (Å²) in [7, 11) is 0. The Morgan fingerprint density at radius 2 is 1.76 bits per heavy atom. The molecule has 0 aliphatic carbocycles. The number of aromatic nitrogens is 4. The molecule has 0 aliphatic rings. The molecule has 33 heavy (non-hydrogen) atoms. The van der Waals surface area contributed by atoms with Gasteiger partial charge in [-0.3, -0.25) is 9.36 Å². The van der Waals surface area contributed by atoms with E-state index in [1.165, 1.54) is 12.1 Å². The molecule has 170 valence electrons. The SMILES string of the molecule is Nc1nc(N)c(Cl)c(NCCCc2nc3cccc(F)c3c(=O)n2-c2cc(F)cc(F)c2)n1. The Morgan fingerprint density at radius 3 is 2.48 bits per heavy atom. The Balaban J connectivity index is 1.69. The van der Waals surface area contributed by atoms with Crippen molar-refractivity contribution in [2.24, 2.45) is 0 Å². The molecule has 4 rings (SSSR count). The van der Waals surface area contributed by atoms with Crippen molar-refractivity contribution in [3.8, 4) is 5.69 Å². The van der Waals surface area contributed by atoms with Gasteiger partial charge < -0.3 is 16.8 Å². The van der Waals surface area contributed by atoms with E-state index in [1.807, 2.05) is 0 Å². The lowest BCUT2D eigenvalue weighted by molar-refractivity contribution is 0.580. The van der Waals surface area contributed by atoms with E-state index in [9.17, 15) is 18.0 Å². The third-order valence-electron chi connectivity index (χ3n) is 4.79. The number of anilines is 3. The van der Waals surface area contributed by atoms with Crippen LogP contribution in [0.3, 0.4) is 0 Å². The number of aryl methyl sites for hydroxylation is 1. The van der Waals surface area contributed by atoms with Crippen molar-refractivity contribution in [2.45, 2.75) is 12.8 Å². The average molecular weight is 476 g/mol. The molecule has 2 heterocycles. The first kappa shape index (κ1) is 22.3. The quantitative estimate of drug-likeness (QED) is 0.365. The Morgan fingerprint density at radius 1 is 1.03 bits per heavy atom. The lowest BCUT2D eigenvalue weighted by Crippen LogP contribution is -2.25. The van der Waals surface area contributed by atoms with Gasteiger partial charge >= 0.3 is 0 Å². The van der Waals surface area contributed by atoms with Gasteiger partial charge in [0.1, 0.15) is 39.5 Å². The standard InChI is InChI=1S/C21H17ClF3N7O/c22-17-18(26)30-21(27)31-19(17)28-6-2-5-15-29-14-4-1-3-13(25)16(14)20(33)32(15)12-8-10(23)7-11(24)9-12/h1,3-4,7-9H,2,5-6H2,(H5,26,27,28,30,31). The number of hydrogen-bond acceptors (Lipinski definition) is 7. The normalized spacial score (nSPS) is 11.2. The first-order chi connectivity index (χ1) is 15.7. The molecular formula is C21H17ClF3N7O. The molecule has 0 bridgehead atoms. The summed E-state index contributed by atoms with van der Waals surface area (Å²) in [5.74, 6) is -2.15. The number of benzene rings is 2. The van der Waals surface area contributed by atoms with Crippen LogP contribution in [-0.4, -0.2) is 26.1 Å². The van der Waals surface area contributed by atoms with Crippen LogP contribution in [0.1, 0.15) is 12.2 Å². The number of nitrogen functional groups attached to an aromatic ring is 2. The molecule has 0 amide bonds. The van der Waals surface area contributed by atoms with Crippen molar-refractivity contribution in [3.63, 3.8) is 0 Å². The highest BCUT2D eigenvalue weighted by atomic mass is 35.5. The average Bonchev–Trinajstić information content (AvgIpc) is 2.73.